The molecule has 0 bridgehead atoms. The van der Waals surface area contributed by atoms with Crippen LogP contribution >= 0.6 is 0 Å². The molecule has 5 nitrogen and oxygen atoms in total. The molecule has 0 atom stereocenters. The number of benzene rings is 2. The van der Waals surface area contributed by atoms with E-state index in [2.05, 4.69) is 19.2 Å². The molecule has 0 heterocycles. The van der Waals surface area contributed by atoms with Gasteiger partial charge in [-0.1, -0.05) is 26.0 Å². The van der Waals surface area contributed by atoms with Crippen molar-refractivity contribution >= 4 is 11.6 Å². The maximum absolute atomic E-state index is 12.5. The quantitative estimate of drug-likeness (QED) is 0.721. The van der Waals surface area contributed by atoms with Gasteiger partial charge in [0.15, 0.2) is 11.5 Å². The predicted molar refractivity (Wildman–Crippen MR) is 110 cm³/mol. The molecule has 0 saturated heterocycles. The van der Waals surface area contributed by atoms with E-state index in [1.165, 1.54) is 0 Å². The summed E-state index contributed by atoms with van der Waals surface area (Å²) in [5.41, 5.74) is 2.73. The Balaban J connectivity index is 1.97. The lowest BCUT2D eigenvalue weighted by molar-refractivity contribution is 0.0950. The summed E-state index contributed by atoms with van der Waals surface area (Å²) in [5.74, 6) is 1.67. The molecule has 2 aromatic rings. The number of rotatable bonds is 9. The maximum Gasteiger partial charge on any atom is 0.251 e. The van der Waals surface area contributed by atoms with Crippen LogP contribution in [0.4, 0.5) is 5.69 Å². The molecule has 0 spiro atoms. The smallest absolute Gasteiger partial charge is 0.251 e. The van der Waals surface area contributed by atoms with Gasteiger partial charge in [-0.3, -0.25) is 4.79 Å². The monoisotopic (exact) mass is 370 g/mol. The third-order valence-corrected chi connectivity index (χ3v) is 4.28. The Bertz CT molecular complexity index is 740. The Morgan fingerprint density at radius 3 is 2.37 bits per heavy atom. The van der Waals surface area contributed by atoms with Gasteiger partial charge in [0, 0.05) is 31.9 Å². The molecule has 2 aromatic carbocycles. The number of carbonyl (C=O) groups excluding carboxylic acids is 1. The molecule has 2 rings (SSSR count). The summed E-state index contributed by atoms with van der Waals surface area (Å²) in [7, 11) is 5.58. The minimum absolute atomic E-state index is 0.140. The second-order valence-electron chi connectivity index (χ2n) is 7.14. The van der Waals surface area contributed by atoms with Gasteiger partial charge in [-0.05, 0) is 48.2 Å². The van der Waals surface area contributed by atoms with E-state index in [4.69, 9.17) is 9.47 Å². The van der Waals surface area contributed by atoms with Crippen molar-refractivity contribution in [2.45, 2.75) is 26.8 Å². The first-order valence-electron chi connectivity index (χ1n) is 9.26. The van der Waals surface area contributed by atoms with Crippen molar-refractivity contribution in [2.24, 2.45) is 5.92 Å². The summed E-state index contributed by atoms with van der Waals surface area (Å²) in [6.45, 7) is 5.41. The number of amides is 1. The van der Waals surface area contributed by atoms with Crippen LogP contribution < -0.4 is 19.7 Å². The number of carbonyl (C=O) groups is 1. The van der Waals surface area contributed by atoms with Gasteiger partial charge in [-0.15, -0.1) is 0 Å². The maximum atomic E-state index is 12.5. The Labute approximate surface area is 162 Å². The first kappa shape index (κ1) is 20.6. The molecular formula is C22H30N2O3. The second-order valence-corrected chi connectivity index (χ2v) is 7.14. The topological polar surface area (TPSA) is 50.8 Å². The van der Waals surface area contributed by atoms with Crippen LogP contribution in [0.15, 0.2) is 42.5 Å². The van der Waals surface area contributed by atoms with E-state index in [0.29, 0.717) is 36.1 Å². The van der Waals surface area contributed by atoms with Crippen LogP contribution in [0.2, 0.25) is 0 Å². The first-order valence-corrected chi connectivity index (χ1v) is 9.26. The van der Waals surface area contributed by atoms with Crippen molar-refractivity contribution in [2.75, 3.05) is 32.7 Å². The second kappa shape index (κ2) is 9.86. The van der Waals surface area contributed by atoms with E-state index >= 15 is 0 Å². The van der Waals surface area contributed by atoms with Crippen LogP contribution in [-0.2, 0) is 6.54 Å². The lowest BCUT2D eigenvalue weighted by atomic mass is 10.1. The molecular weight excluding hydrogens is 340 g/mol. The lowest BCUT2D eigenvalue weighted by Gasteiger charge is -2.14. The number of methoxy groups -OCH3 is 1. The van der Waals surface area contributed by atoms with Gasteiger partial charge >= 0.3 is 0 Å². The number of nitrogens with one attached hydrogen (secondary N) is 1. The van der Waals surface area contributed by atoms with Gasteiger partial charge in [0.2, 0.25) is 0 Å². The molecule has 0 saturated carbocycles. The minimum Gasteiger partial charge on any atom is -0.493 e. The van der Waals surface area contributed by atoms with E-state index in [0.717, 1.165) is 17.7 Å². The minimum atomic E-state index is -0.140. The van der Waals surface area contributed by atoms with Crippen molar-refractivity contribution in [3.8, 4) is 11.5 Å². The molecule has 0 aromatic heterocycles. The largest absolute Gasteiger partial charge is 0.493 e. The third-order valence-electron chi connectivity index (χ3n) is 4.28. The van der Waals surface area contributed by atoms with E-state index < -0.39 is 0 Å². The van der Waals surface area contributed by atoms with Gasteiger partial charge in [0.05, 0.1) is 13.7 Å². The summed E-state index contributed by atoms with van der Waals surface area (Å²) in [6.07, 6.45) is 0.970. The summed E-state index contributed by atoms with van der Waals surface area (Å²) >= 11 is 0. The molecule has 5 heteroatoms. The lowest BCUT2D eigenvalue weighted by Crippen LogP contribution is -2.22. The van der Waals surface area contributed by atoms with E-state index in [-0.39, 0.29) is 5.91 Å². The third kappa shape index (κ3) is 6.20. The summed E-state index contributed by atoms with van der Waals surface area (Å²) in [6, 6.07) is 13.4. The van der Waals surface area contributed by atoms with E-state index in [1.54, 1.807) is 25.3 Å². The molecule has 0 aliphatic heterocycles. The van der Waals surface area contributed by atoms with Gasteiger partial charge in [0.1, 0.15) is 0 Å². The Hall–Kier alpha value is -2.69. The molecule has 0 unspecified atom stereocenters. The summed E-state index contributed by atoms with van der Waals surface area (Å²) < 4.78 is 11.2. The zero-order valence-corrected chi connectivity index (χ0v) is 16.9. The van der Waals surface area contributed by atoms with Crippen molar-refractivity contribution < 1.29 is 14.3 Å². The highest BCUT2D eigenvalue weighted by atomic mass is 16.5. The van der Waals surface area contributed by atoms with Gasteiger partial charge in [-0.25, -0.2) is 0 Å². The normalized spacial score (nSPS) is 10.6. The number of hydrogen-bond acceptors (Lipinski definition) is 4. The molecule has 0 aliphatic carbocycles. The molecule has 0 radical (unpaired) electrons. The highest BCUT2D eigenvalue weighted by Crippen LogP contribution is 2.28. The molecule has 146 valence electrons. The van der Waals surface area contributed by atoms with E-state index in [1.807, 2.05) is 43.3 Å². The number of anilines is 1. The fraction of sp³-hybridized carbons (Fsp3) is 0.409. The molecule has 1 N–H and O–H groups in total. The SMILES string of the molecule is COc1cc(C(=O)NCc2ccc(N(C)C)cc2)ccc1OCCC(C)C. The number of nitrogens with zero attached hydrogens (tertiary/aromatic N) is 1. The number of ether oxygens (including phenoxy) is 2. The average molecular weight is 370 g/mol. The van der Waals surface area contributed by atoms with Crippen LogP contribution in [0, 0.1) is 5.92 Å². The predicted octanol–water partition coefficient (Wildman–Crippen LogP) is 4.12. The van der Waals surface area contributed by atoms with Crippen LogP contribution in [0.1, 0.15) is 36.2 Å². The Kier molecular flexibility index (Phi) is 7.53. The Morgan fingerprint density at radius 1 is 1.07 bits per heavy atom. The van der Waals surface area contributed by atoms with Crippen LogP contribution in [0.25, 0.3) is 0 Å². The van der Waals surface area contributed by atoms with Crippen molar-refractivity contribution in [1.82, 2.24) is 5.32 Å². The zero-order chi connectivity index (χ0) is 19.8. The van der Waals surface area contributed by atoms with Crippen LogP contribution in [0.3, 0.4) is 0 Å². The average Bonchev–Trinajstić information content (AvgIpc) is 2.66. The van der Waals surface area contributed by atoms with Crippen molar-refractivity contribution in [1.29, 1.82) is 0 Å². The number of hydrogen-bond donors (Lipinski definition) is 1. The van der Waals surface area contributed by atoms with Crippen LogP contribution in [-0.4, -0.2) is 33.7 Å². The molecule has 27 heavy (non-hydrogen) atoms. The fourth-order valence-electron chi connectivity index (χ4n) is 2.53. The summed E-state index contributed by atoms with van der Waals surface area (Å²) in [5, 5.41) is 2.94. The Morgan fingerprint density at radius 2 is 1.78 bits per heavy atom. The highest BCUT2D eigenvalue weighted by Gasteiger charge is 2.11. The first-order chi connectivity index (χ1) is 12.9. The van der Waals surface area contributed by atoms with Crippen molar-refractivity contribution in [3.63, 3.8) is 0 Å². The molecule has 1 amide bonds. The highest BCUT2D eigenvalue weighted by molar-refractivity contribution is 5.94. The molecule has 0 fully saturated rings. The van der Waals surface area contributed by atoms with Crippen molar-refractivity contribution in [3.05, 3.63) is 53.6 Å². The van der Waals surface area contributed by atoms with E-state index in [9.17, 15) is 4.79 Å². The van der Waals surface area contributed by atoms with Crippen LogP contribution in [0.5, 0.6) is 11.5 Å². The zero-order valence-electron chi connectivity index (χ0n) is 16.9. The van der Waals surface area contributed by atoms with Gasteiger partial charge in [0.25, 0.3) is 5.91 Å². The van der Waals surface area contributed by atoms with Gasteiger partial charge in [-0.2, -0.15) is 0 Å². The summed E-state index contributed by atoms with van der Waals surface area (Å²) in [4.78, 5) is 14.5. The molecule has 0 aliphatic rings. The fourth-order valence-corrected chi connectivity index (χ4v) is 2.53. The standard InChI is InChI=1S/C22H30N2O3/c1-16(2)12-13-27-20-11-8-18(14-21(20)26-5)22(25)23-15-17-6-9-19(10-7-17)24(3)4/h6-11,14,16H,12-13,15H2,1-5H3,(H,23,25). The van der Waals surface area contributed by atoms with Gasteiger partial charge < -0.3 is 19.7 Å².